The number of hydrogen-bond acceptors (Lipinski definition) is 6. The van der Waals surface area contributed by atoms with Crippen LogP contribution in [0.5, 0.6) is 0 Å². The molecule has 294 valence electrons. The molecule has 0 radical (unpaired) electrons. The molecule has 0 saturated heterocycles. The highest BCUT2D eigenvalue weighted by molar-refractivity contribution is 7.99. The lowest BCUT2D eigenvalue weighted by atomic mass is 10.0. The van der Waals surface area contributed by atoms with Gasteiger partial charge in [0.25, 0.3) is 11.1 Å². The first kappa shape index (κ1) is 43.0. The number of rotatable bonds is 8. The van der Waals surface area contributed by atoms with Gasteiger partial charge in [0.1, 0.15) is 0 Å². The summed E-state index contributed by atoms with van der Waals surface area (Å²) in [4.78, 5) is 57.7. The summed E-state index contributed by atoms with van der Waals surface area (Å²) in [7, 11) is 0. The Morgan fingerprint density at radius 1 is 0.582 bits per heavy atom. The van der Waals surface area contributed by atoms with Crippen molar-refractivity contribution in [3.63, 3.8) is 0 Å². The number of alkyl halides is 6. The molecule has 5 rings (SSSR count). The van der Waals surface area contributed by atoms with E-state index in [0.717, 1.165) is 43.5 Å². The maximum atomic E-state index is 13.3. The van der Waals surface area contributed by atoms with Crippen molar-refractivity contribution >= 4 is 23.5 Å². The topological polar surface area (TPSA) is 121 Å². The minimum atomic E-state index is -5.02. The molecule has 0 atom stereocenters. The third-order valence-corrected chi connectivity index (χ3v) is 10.2. The van der Waals surface area contributed by atoms with Crippen LogP contribution in [0.2, 0.25) is 0 Å². The fourth-order valence-corrected chi connectivity index (χ4v) is 8.63. The van der Waals surface area contributed by atoms with E-state index in [1.54, 1.807) is 13.8 Å². The van der Waals surface area contributed by atoms with E-state index in [9.17, 15) is 45.5 Å². The fourth-order valence-electron chi connectivity index (χ4n) is 5.92. The molecule has 2 aromatic heterocycles. The molecule has 0 unspecified atom stereocenters. The van der Waals surface area contributed by atoms with E-state index >= 15 is 0 Å². The van der Waals surface area contributed by atoms with Crippen molar-refractivity contribution in [1.29, 1.82) is 0 Å². The van der Waals surface area contributed by atoms with Crippen LogP contribution in [0.25, 0.3) is 0 Å². The van der Waals surface area contributed by atoms with Crippen LogP contribution in [-0.4, -0.2) is 19.5 Å². The molecule has 3 aromatic carbocycles. The van der Waals surface area contributed by atoms with Crippen LogP contribution >= 0.6 is 23.5 Å². The monoisotopic (exact) mass is 806 g/mol. The number of benzene rings is 3. The Morgan fingerprint density at radius 2 is 1.02 bits per heavy atom. The third kappa shape index (κ3) is 11.2. The SMILES string of the molecule is Cc1cc(C)cc(Sc2[nH]c(=O)[nH]c(=O)c2C(C)C)c1.Cc1cc(C)cc(Sc2c(C(C)C)c(=O)[nH]c(=O)n2Cc2cc(C(F)(F)F)cc(C(F)(F)F)c2)c1. The molecule has 0 bridgehead atoms. The standard InChI is InChI=1S/C24H22F6N2O2S.C15H18N2O2S/c1-12(2)19-20(33)31-22(34)32(21(19)35-18-6-13(3)5-14(4)7-18)11-15-8-16(23(25,26)27)10-17(9-15)24(28,29)30;1-8(2)12-13(18)16-15(19)17-14(12)20-11-6-9(3)5-10(4)7-11/h5-10,12H,11H2,1-4H3,(H,31,33,34);5-8H,1-4H3,(H2,16,17,18,19). The Hall–Kier alpha value is -4.70. The number of aromatic amines is 3. The number of nitrogens with zero attached hydrogens (tertiary/aromatic N) is 1. The zero-order chi connectivity index (χ0) is 41.2. The number of aromatic nitrogens is 4. The largest absolute Gasteiger partial charge is 0.416 e. The van der Waals surface area contributed by atoms with Gasteiger partial charge in [0, 0.05) is 9.79 Å². The van der Waals surface area contributed by atoms with Crippen molar-refractivity contribution in [2.24, 2.45) is 0 Å². The van der Waals surface area contributed by atoms with Gasteiger partial charge in [-0.15, -0.1) is 0 Å². The van der Waals surface area contributed by atoms with Crippen LogP contribution < -0.4 is 22.5 Å². The maximum absolute atomic E-state index is 13.3. The summed E-state index contributed by atoms with van der Waals surface area (Å²) in [5.74, 6) is -0.338. The van der Waals surface area contributed by atoms with Gasteiger partial charge < -0.3 is 4.98 Å². The first-order chi connectivity index (χ1) is 25.4. The maximum Gasteiger partial charge on any atom is 0.416 e. The Bertz CT molecular complexity index is 2370. The van der Waals surface area contributed by atoms with Crippen LogP contribution in [0.4, 0.5) is 26.3 Å². The summed E-state index contributed by atoms with van der Waals surface area (Å²) in [6.07, 6.45) is -10.0. The molecule has 0 fully saturated rings. The Morgan fingerprint density at radius 3 is 1.45 bits per heavy atom. The highest BCUT2D eigenvalue weighted by Gasteiger charge is 2.37. The molecular weight excluding hydrogens is 767 g/mol. The van der Waals surface area contributed by atoms with Gasteiger partial charge in [-0.05, 0) is 110 Å². The van der Waals surface area contributed by atoms with E-state index in [2.05, 4.69) is 21.0 Å². The molecule has 8 nitrogen and oxygen atoms in total. The summed E-state index contributed by atoms with van der Waals surface area (Å²) in [6.45, 7) is 14.5. The summed E-state index contributed by atoms with van der Waals surface area (Å²) in [5, 5.41) is 0.781. The normalized spacial score (nSPS) is 11.9. The summed E-state index contributed by atoms with van der Waals surface area (Å²) in [6, 6.07) is 12.9. The number of halogens is 6. The van der Waals surface area contributed by atoms with Crippen LogP contribution in [0.15, 0.2) is 93.6 Å². The second-order valence-corrected chi connectivity index (χ2v) is 15.9. The van der Waals surface area contributed by atoms with Gasteiger partial charge in [0.05, 0.1) is 38.9 Å². The Kier molecular flexibility index (Phi) is 13.3. The molecular formula is C39H40F6N4O4S2. The van der Waals surface area contributed by atoms with Crippen molar-refractivity contribution in [2.45, 2.75) is 106 Å². The summed E-state index contributed by atoms with van der Waals surface area (Å²) >= 11 is 2.49. The van der Waals surface area contributed by atoms with E-state index in [4.69, 9.17) is 0 Å². The smallest absolute Gasteiger partial charge is 0.301 e. The van der Waals surface area contributed by atoms with Gasteiger partial charge in [-0.25, -0.2) is 9.59 Å². The van der Waals surface area contributed by atoms with Crippen molar-refractivity contribution in [2.75, 3.05) is 0 Å². The second-order valence-electron chi connectivity index (χ2n) is 13.8. The third-order valence-electron chi connectivity index (χ3n) is 8.10. The number of nitrogens with one attached hydrogen (secondary N) is 3. The van der Waals surface area contributed by atoms with Gasteiger partial charge >= 0.3 is 23.7 Å². The molecule has 16 heteroatoms. The van der Waals surface area contributed by atoms with Gasteiger partial charge in [-0.2, -0.15) is 26.3 Å². The van der Waals surface area contributed by atoms with Gasteiger partial charge in [-0.3, -0.25) is 24.1 Å². The first-order valence-electron chi connectivity index (χ1n) is 17.0. The van der Waals surface area contributed by atoms with Crippen molar-refractivity contribution in [3.05, 3.63) is 146 Å². The van der Waals surface area contributed by atoms with Crippen LogP contribution in [0.1, 0.15) is 89.6 Å². The van der Waals surface area contributed by atoms with E-state index in [0.29, 0.717) is 27.6 Å². The molecule has 0 amide bonds. The lowest BCUT2D eigenvalue weighted by molar-refractivity contribution is -0.143. The van der Waals surface area contributed by atoms with Crippen LogP contribution in [0.3, 0.4) is 0 Å². The minimum Gasteiger partial charge on any atom is -0.301 e. The van der Waals surface area contributed by atoms with E-state index in [1.165, 1.54) is 11.8 Å². The van der Waals surface area contributed by atoms with Crippen molar-refractivity contribution in [3.8, 4) is 0 Å². The zero-order valence-electron chi connectivity index (χ0n) is 31.2. The highest BCUT2D eigenvalue weighted by atomic mass is 32.2. The number of hydrogen-bond donors (Lipinski definition) is 3. The van der Waals surface area contributed by atoms with Crippen LogP contribution in [-0.2, 0) is 18.9 Å². The predicted octanol–water partition coefficient (Wildman–Crippen LogP) is 9.47. The molecule has 0 aliphatic heterocycles. The molecule has 0 aliphatic carbocycles. The lowest BCUT2D eigenvalue weighted by Crippen LogP contribution is -2.34. The summed E-state index contributed by atoms with van der Waals surface area (Å²) in [5.41, 5.74) is -0.748. The van der Waals surface area contributed by atoms with Crippen LogP contribution in [0, 0.1) is 27.7 Å². The number of H-pyrrole nitrogens is 3. The van der Waals surface area contributed by atoms with Gasteiger partial charge in [0.2, 0.25) is 0 Å². The van der Waals surface area contributed by atoms with Gasteiger partial charge in [-0.1, -0.05) is 63.4 Å². The lowest BCUT2D eigenvalue weighted by Gasteiger charge is -2.19. The summed E-state index contributed by atoms with van der Waals surface area (Å²) < 4.78 is 81.0. The molecule has 0 spiro atoms. The molecule has 5 aromatic rings. The Labute approximate surface area is 320 Å². The average Bonchev–Trinajstić information content (AvgIpc) is 3.00. The molecule has 0 aliphatic rings. The number of aryl methyl sites for hydroxylation is 4. The van der Waals surface area contributed by atoms with E-state index in [-0.39, 0.29) is 39.6 Å². The second kappa shape index (κ2) is 17.0. The molecule has 3 N–H and O–H groups in total. The fraction of sp³-hybridized carbons (Fsp3) is 0.333. The predicted molar refractivity (Wildman–Crippen MR) is 203 cm³/mol. The quantitative estimate of drug-likeness (QED) is 0.106. The van der Waals surface area contributed by atoms with Crippen molar-refractivity contribution in [1.82, 2.24) is 19.5 Å². The average molecular weight is 807 g/mol. The first-order valence-corrected chi connectivity index (χ1v) is 18.6. The van der Waals surface area contributed by atoms with E-state index in [1.807, 2.05) is 71.9 Å². The van der Waals surface area contributed by atoms with E-state index < -0.39 is 47.0 Å². The zero-order valence-corrected chi connectivity index (χ0v) is 32.9. The minimum absolute atomic E-state index is 0.0316. The van der Waals surface area contributed by atoms with Crippen molar-refractivity contribution < 1.29 is 26.3 Å². The molecule has 55 heavy (non-hydrogen) atoms. The Balaban J connectivity index is 0.000000284. The molecule has 2 heterocycles. The van der Waals surface area contributed by atoms with Gasteiger partial charge in [0.15, 0.2) is 0 Å². The molecule has 0 saturated carbocycles. The highest BCUT2D eigenvalue weighted by Crippen LogP contribution is 2.38.